The van der Waals surface area contributed by atoms with E-state index >= 15 is 0 Å². The normalized spacial score (nSPS) is 7.38. The Balaban J connectivity index is -0.0000000710. The molecule has 0 rings (SSSR count). The van der Waals surface area contributed by atoms with Crippen LogP contribution < -0.4 is 56.1 Å². The van der Waals surface area contributed by atoms with E-state index in [0.717, 1.165) is 11.4 Å². The third-order valence-corrected chi connectivity index (χ3v) is 1.34. The molecule has 16 nitrogen and oxygen atoms in total. The maximum Gasteiger partial charge on any atom is 0.332 e. The number of primary amides is 1. The Hall–Kier alpha value is -2.87. The highest BCUT2D eigenvalue weighted by molar-refractivity contribution is 7.80. The SMILES string of the molecule is CC(C)=NNC(N)=O.CC(C)=NNC(N)=S.CC(C)=O.CC(C)=O.NC[NH2+]NO.NNC(N)=S. The van der Waals surface area contributed by atoms with E-state index < -0.39 is 6.03 Å². The number of ketones is 2. The highest BCUT2D eigenvalue weighted by Gasteiger charge is 1.83. The molecule has 0 aromatic heterocycles. The van der Waals surface area contributed by atoms with Crippen LogP contribution in [-0.4, -0.2) is 51.1 Å². The maximum atomic E-state index is 9.91. The molecular weight excluding hydrogens is 488 g/mol. The lowest BCUT2D eigenvalue weighted by Crippen LogP contribution is -2.94. The minimum Gasteiger partial charge on any atom is -0.375 e. The predicted molar refractivity (Wildman–Crippen MR) is 143 cm³/mol. The molecule has 2 amide bonds. The molecule has 0 aliphatic heterocycles. The van der Waals surface area contributed by atoms with Crippen LogP contribution in [-0.2, 0) is 9.59 Å². The number of hydrogen-bond acceptors (Lipinski definition) is 11. The number of carbonyl (C=O) groups is 3. The van der Waals surface area contributed by atoms with Crippen LogP contribution >= 0.6 is 24.4 Å². The van der Waals surface area contributed by atoms with Crippen molar-refractivity contribution in [3.63, 3.8) is 0 Å². The lowest BCUT2D eigenvalue weighted by atomic mass is 10.5. The van der Waals surface area contributed by atoms with Crippen LogP contribution in [0, 0.1) is 0 Å². The van der Waals surface area contributed by atoms with Gasteiger partial charge in [-0.1, -0.05) is 0 Å². The van der Waals surface area contributed by atoms with E-state index in [4.69, 9.17) is 22.4 Å². The van der Waals surface area contributed by atoms with E-state index in [1.165, 1.54) is 33.1 Å². The summed E-state index contributed by atoms with van der Waals surface area (Å²) < 4.78 is 0. The van der Waals surface area contributed by atoms with Crippen molar-refractivity contribution in [1.82, 2.24) is 21.9 Å². The van der Waals surface area contributed by atoms with Gasteiger partial charge < -0.3 is 32.2 Å². The number of nitrogens with zero attached hydrogens (tertiary/aromatic N) is 2. The first-order valence-electron chi connectivity index (χ1n) is 9.15. The first-order valence-corrected chi connectivity index (χ1v) is 9.97. The number of carbonyl (C=O) groups excluding carboxylic acids is 3. The van der Waals surface area contributed by atoms with Gasteiger partial charge >= 0.3 is 6.03 Å². The molecule has 0 saturated carbocycles. The average Bonchev–Trinajstić information content (AvgIpc) is 2.66. The molecule has 0 spiro atoms. The van der Waals surface area contributed by atoms with Crippen LogP contribution in [0.3, 0.4) is 0 Å². The van der Waals surface area contributed by atoms with Crippen molar-refractivity contribution in [1.29, 1.82) is 0 Å². The van der Waals surface area contributed by atoms with E-state index in [1.807, 2.05) is 19.3 Å². The fourth-order valence-electron chi connectivity index (χ4n) is 0.387. The number of rotatable bonds is 4. The van der Waals surface area contributed by atoms with Gasteiger partial charge in [-0.05, 0) is 85.4 Å². The third-order valence-electron chi connectivity index (χ3n) is 1.13. The number of hydrogen-bond donors (Lipinski definition) is 11. The van der Waals surface area contributed by atoms with Gasteiger partial charge in [0.25, 0.3) is 0 Å². The minimum atomic E-state index is -0.633. The van der Waals surface area contributed by atoms with Gasteiger partial charge in [-0.3, -0.25) is 16.4 Å². The number of hydrazone groups is 2. The van der Waals surface area contributed by atoms with Crippen molar-refractivity contribution in [2.45, 2.75) is 55.4 Å². The summed E-state index contributed by atoms with van der Waals surface area (Å²) in [5.74, 6) is 4.99. The summed E-state index contributed by atoms with van der Waals surface area (Å²) >= 11 is 8.71. The van der Waals surface area contributed by atoms with Gasteiger partial charge in [0.15, 0.2) is 10.2 Å². The molecule has 202 valence electrons. The third kappa shape index (κ3) is 186. The van der Waals surface area contributed by atoms with Crippen LogP contribution in [0.1, 0.15) is 55.4 Å². The number of Topliss-reactive ketones (excluding diaryl/α,β-unsaturated/α-hetero) is 2. The van der Waals surface area contributed by atoms with Gasteiger partial charge in [0.05, 0.1) is 0 Å². The zero-order valence-electron chi connectivity index (χ0n) is 21.1. The second-order valence-electron chi connectivity index (χ2n) is 5.96. The summed E-state index contributed by atoms with van der Waals surface area (Å²) in [6, 6.07) is -0.633. The fourth-order valence-corrected chi connectivity index (χ4v) is 0.432. The Bertz CT molecular complexity index is 557. The molecule has 0 aromatic carbocycles. The van der Waals surface area contributed by atoms with Crippen LogP contribution in [0.5, 0.6) is 0 Å². The van der Waals surface area contributed by atoms with Crippen molar-refractivity contribution in [3.05, 3.63) is 0 Å². The van der Waals surface area contributed by atoms with Crippen molar-refractivity contribution < 1.29 is 25.0 Å². The number of thiocarbonyl (C=S) groups is 2. The Labute approximate surface area is 211 Å². The second kappa shape index (κ2) is 37.4. The van der Waals surface area contributed by atoms with Gasteiger partial charge in [-0.2, -0.15) is 10.2 Å². The van der Waals surface area contributed by atoms with E-state index in [2.05, 4.69) is 57.1 Å². The van der Waals surface area contributed by atoms with Gasteiger partial charge in [0, 0.05) is 11.4 Å². The van der Waals surface area contributed by atoms with Gasteiger partial charge in [0.2, 0.25) is 0 Å². The number of quaternary nitrogens is 1. The average molecular weight is 532 g/mol. The smallest absolute Gasteiger partial charge is 0.332 e. The first kappa shape index (κ1) is 44.7. The molecular formula is C16H43N12O4S2+. The van der Waals surface area contributed by atoms with Crippen molar-refractivity contribution in [3.8, 4) is 0 Å². The summed E-state index contributed by atoms with van der Waals surface area (Å²) in [5, 5.41) is 15.2. The van der Waals surface area contributed by atoms with Crippen molar-refractivity contribution >= 4 is 63.7 Å². The molecule has 0 heterocycles. The van der Waals surface area contributed by atoms with Gasteiger partial charge in [0.1, 0.15) is 18.2 Å². The lowest BCUT2D eigenvalue weighted by molar-refractivity contribution is -0.751. The minimum absolute atomic E-state index is 0.116. The molecule has 17 N–H and O–H groups in total. The molecule has 34 heavy (non-hydrogen) atoms. The Morgan fingerprint density at radius 1 is 0.794 bits per heavy atom. The van der Waals surface area contributed by atoms with Crippen molar-refractivity contribution in [2.75, 3.05) is 6.67 Å². The molecule has 0 unspecified atom stereocenters. The molecule has 0 aliphatic rings. The van der Waals surface area contributed by atoms with E-state index in [9.17, 15) is 14.4 Å². The van der Waals surface area contributed by atoms with Crippen LogP contribution in [0.15, 0.2) is 10.2 Å². The summed E-state index contributed by atoms with van der Waals surface area (Å²) in [6.45, 7) is 13.7. The lowest BCUT2D eigenvalue weighted by Gasteiger charge is -1.93. The Morgan fingerprint density at radius 3 is 1.15 bits per heavy atom. The fraction of sp³-hybridized carbons (Fsp3) is 0.562. The molecule has 0 fully saturated rings. The van der Waals surface area contributed by atoms with E-state index in [0.29, 0.717) is 6.67 Å². The standard InChI is InChI=1S/C4H9N3O.C4H9N3S.2C3H6O.CH7N3O.CH5N3S/c2*1-3(2)6-7-4(5)8;2*1-3(2)4;2-1-3-4-5;2-1(5)4-3/h2*1-2H3,(H3,5,7,8);2*1-2H3;3-5H,1-2H2;3H2,(H3,2,4,5)/p+1. The predicted octanol–water partition coefficient (Wildman–Crippen LogP) is -2.49. The topological polar surface area (TPSA) is 291 Å². The second-order valence-corrected chi connectivity index (χ2v) is 6.84. The molecule has 0 saturated heterocycles. The first-order chi connectivity index (χ1) is 15.4. The summed E-state index contributed by atoms with van der Waals surface area (Å²) in [7, 11) is 0. The van der Waals surface area contributed by atoms with Crippen molar-refractivity contribution in [2.24, 2.45) is 39.0 Å². The Kier molecular flexibility index (Phi) is 49.3. The summed E-state index contributed by atoms with van der Waals surface area (Å²) in [5.41, 5.74) is 30.7. The summed E-state index contributed by atoms with van der Waals surface area (Å²) in [4.78, 5) is 28.8. The molecule has 0 radical (unpaired) electrons. The highest BCUT2D eigenvalue weighted by atomic mass is 32.1. The number of amides is 2. The monoisotopic (exact) mass is 531 g/mol. The largest absolute Gasteiger partial charge is 0.375 e. The number of nitrogens with one attached hydrogen (secondary N) is 4. The molecule has 0 aromatic rings. The Morgan fingerprint density at radius 2 is 1.09 bits per heavy atom. The molecule has 0 aliphatic carbocycles. The quantitative estimate of drug-likeness (QED) is 0.0589. The zero-order valence-corrected chi connectivity index (χ0v) is 22.7. The highest BCUT2D eigenvalue weighted by Crippen LogP contribution is 1.68. The summed E-state index contributed by atoms with van der Waals surface area (Å²) in [6.07, 6.45) is 0. The molecule has 0 atom stereocenters. The van der Waals surface area contributed by atoms with Crippen LogP contribution in [0.25, 0.3) is 0 Å². The number of nitrogens with two attached hydrogens (primary N) is 6. The van der Waals surface area contributed by atoms with Crippen LogP contribution in [0.4, 0.5) is 4.79 Å². The molecule has 18 heteroatoms. The van der Waals surface area contributed by atoms with Crippen LogP contribution in [0.2, 0.25) is 0 Å². The van der Waals surface area contributed by atoms with Gasteiger partial charge in [-0.25, -0.2) is 21.5 Å². The number of hydrazine groups is 1. The molecule has 0 bridgehead atoms. The van der Waals surface area contributed by atoms with E-state index in [-0.39, 0.29) is 21.8 Å². The van der Waals surface area contributed by atoms with E-state index in [1.54, 1.807) is 19.4 Å². The zero-order chi connectivity index (χ0) is 28.7. The number of urea groups is 1. The van der Waals surface area contributed by atoms with Gasteiger partial charge in [-0.15, -0.1) is 0 Å². The maximum absolute atomic E-state index is 9.91.